The molecule has 0 atom stereocenters. The van der Waals surface area contributed by atoms with E-state index in [1.54, 1.807) is 0 Å². The van der Waals surface area contributed by atoms with E-state index in [9.17, 15) is 0 Å². The van der Waals surface area contributed by atoms with Gasteiger partial charge in [0.2, 0.25) is 0 Å². The van der Waals surface area contributed by atoms with E-state index in [2.05, 4.69) is 39.9 Å². The first-order valence-electron chi connectivity index (χ1n) is 7.48. The number of aromatic nitrogens is 4. The molecule has 0 spiro atoms. The van der Waals surface area contributed by atoms with Crippen LogP contribution in [-0.4, -0.2) is 31.2 Å². The summed E-state index contributed by atoms with van der Waals surface area (Å²) in [6, 6.07) is 4.15. The van der Waals surface area contributed by atoms with Crippen molar-refractivity contribution in [2.45, 2.75) is 40.3 Å². The molecule has 2 N–H and O–H groups in total. The lowest BCUT2D eigenvalue weighted by Gasteiger charge is -2.10. The van der Waals surface area contributed by atoms with Gasteiger partial charge in [-0.1, -0.05) is 0 Å². The fourth-order valence-corrected chi connectivity index (χ4v) is 2.46. The molecular weight excluding hydrogens is 296 g/mol. The molecule has 22 heavy (non-hydrogen) atoms. The van der Waals surface area contributed by atoms with Gasteiger partial charge in [-0.3, -0.25) is 9.36 Å². The van der Waals surface area contributed by atoms with Crippen LogP contribution in [0.2, 0.25) is 0 Å². The molecule has 0 aliphatic rings. The SMILES string of the molecule is Cc1cc(C)n(CCCNC(=S)NCc2cc(C)n(C)n2)n1. The molecule has 120 valence electrons. The quantitative estimate of drug-likeness (QED) is 0.625. The van der Waals surface area contributed by atoms with Gasteiger partial charge in [-0.05, 0) is 51.5 Å². The van der Waals surface area contributed by atoms with Crippen LogP contribution in [0.25, 0.3) is 0 Å². The van der Waals surface area contributed by atoms with Crippen LogP contribution in [0.4, 0.5) is 0 Å². The Morgan fingerprint density at radius 3 is 2.50 bits per heavy atom. The fraction of sp³-hybridized carbons (Fsp3) is 0.533. The third-order valence-corrected chi connectivity index (χ3v) is 3.82. The molecule has 0 radical (unpaired) electrons. The lowest BCUT2D eigenvalue weighted by atomic mass is 10.3. The van der Waals surface area contributed by atoms with Crippen LogP contribution in [0, 0.1) is 20.8 Å². The normalized spacial score (nSPS) is 10.7. The Morgan fingerprint density at radius 2 is 1.91 bits per heavy atom. The van der Waals surface area contributed by atoms with Crippen LogP contribution in [0.5, 0.6) is 0 Å². The molecule has 0 aliphatic heterocycles. The van der Waals surface area contributed by atoms with Crippen LogP contribution in [-0.2, 0) is 20.1 Å². The molecule has 7 heteroatoms. The zero-order chi connectivity index (χ0) is 16.1. The first-order valence-corrected chi connectivity index (χ1v) is 7.89. The van der Waals surface area contributed by atoms with Crippen molar-refractivity contribution in [2.24, 2.45) is 7.05 Å². The maximum atomic E-state index is 5.27. The molecule has 2 aromatic rings. The lowest BCUT2D eigenvalue weighted by molar-refractivity contribution is 0.556. The van der Waals surface area contributed by atoms with Crippen molar-refractivity contribution in [3.05, 3.63) is 34.9 Å². The lowest BCUT2D eigenvalue weighted by Crippen LogP contribution is -2.35. The first-order chi connectivity index (χ1) is 10.5. The van der Waals surface area contributed by atoms with Crippen molar-refractivity contribution >= 4 is 17.3 Å². The summed E-state index contributed by atoms with van der Waals surface area (Å²) in [5, 5.41) is 15.9. The second-order valence-corrected chi connectivity index (χ2v) is 5.92. The molecule has 2 rings (SSSR count). The van der Waals surface area contributed by atoms with Crippen molar-refractivity contribution in [2.75, 3.05) is 6.54 Å². The van der Waals surface area contributed by atoms with Gasteiger partial charge in [0.1, 0.15) is 0 Å². The van der Waals surface area contributed by atoms with Crippen LogP contribution in [0.3, 0.4) is 0 Å². The van der Waals surface area contributed by atoms with Gasteiger partial charge in [0, 0.05) is 31.5 Å². The summed E-state index contributed by atoms with van der Waals surface area (Å²) in [5.41, 5.74) is 4.39. The van der Waals surface area contributed by atoms with Gasteiger partial charge >= 0.3 is 0 Å². The smallest absolute Gasteiger partial charge is 0.166 e. The first kappa shape index (κ1) is 16.5. The van der Waals surface area contributed by atoms with Crippen LogP contribution < -0.4 is 10.6 Å². The predicted octanol–water partition coefficient (Wildman–Crippen LogP) is 1.60. The van der Waals surface area contributed by atoms with Crippen LogP contribution >= 0.6 is 12.2 Å². The summed E-state index contributed by atoms with van der Waals surface area (Å²) in [5.74, 6) is 0. The summed E-state index contributed by atoms with van der Waals surface area (Å²) >= 11 is 5.27. The van der Waals surface area contributed by atoms with Crippen molar-refractivity contribution in [3.8, 4) is 0 Å². The maximum absolute atomic E-state index is 5.27. The minimum Gasteiger partial charge on any atom is -0.363 e. The highest BCUT2D eigenvalue weighted by molar-refractivity contribution is 7.80. The van der Waals surface area contributed by atoms with Crippen molar-refractivity contribution < 1.29 is 0 Å². The molecule has 0 aromatic carbocycles. The molecular formula is C15H24N6S. The molecule has 0 saturated carbocycles. The number of thiocarbonyl (C=S) groups is 1. The summed E-state index contributed by atoms with van der Waals surface area (Å²) in [6.07, 6.45) is 0.979. The standard InChI is InChI=1S/C15H24N6S/c1-11-8-13(3)21(18-11)7-5-6-16-15(22)17-10-14-9-12(2)20(4)19-14/h8-9H,5-7,10H2,1-4H3,(H2,16,17,22). The second-order valence-electron chi connectivity index (χ2n) is 5.51. The van der Waals surface area contributed by atoms with Gasteiger partial charge in [0.25, 0.3) is 0 Å². The number of hydrogen-bond acceptors (Lipinski definition) is 3. The topological polar surface area (TPSA) is 59.7 Å². The van der Waals surface area contributed by atoms with Gasteiger partial charge in [-0.25, -0.2) is 0 Å². The van der Waals surface area contributed by atoms with Gasteiger partial charge in [-0.2, -0.15) is 10.2 Å². The van der Waals surface area contributed by atoms with E-state index in [0.717, 1.165) is 36.6 Å². The Morgan fingerprint density at radius 1 is 1.14 bits per heavy atom. The minimum atomic E-state index is 0.644. The summed E-state index contributed by atoms with van der Waals surface area (Å²) in [7, 11) is 1.94. The van der Waals surface area contributed by atoms with E-state index >= 15 is 0 Å². The van der Waals surface area contributed by atoms with E-state index in [1.165, 1.54) is 5.69 Å². The summed E-state index contributed by atoms with van der Waals surface area (Å²) in [6.45, 7) is 8.49. The molecule has 0 aliphatic carbocycles. The molecule has 0 saturated heterocycles. The van der Waals surface area contributed by atoms with E-state index in [0.29, 0.717) is 11.7 Å². The highest BCUT2D eigenvalue weighted by atomic mass is 32.1. The highest BCUT2D eigenvalue weighted by Gasteiger charge is 2.03. The minimum absolute atomic E-state index is 0.644. The van der Waals surface area contributed by atoms with Crippen molar-refractivity contribution in [1.82, 2.24) is 30.2 Å². The zero-order valence-electron chi connectivity index (χ0n) is 13.7. The second kappa shape index (κ2) is 7.40. The van der Waals surface area contributed by atoms with Gasteiger partial charge in [0.05, 0.1) is 17.9 Å². The van der Waals surface area contributed by atoms with E-state index in [1.807, 2.05) is 30.3 Å². The maximum Gasteiger partial charge on any atom is 0.166 e. The third kappa shape index (κ3) is 4.56. The number of nitrogens with zero attached hydrogens (tertiary/aromatic N) is 4. The summed E-state index contributed by atoms with van der Waals surface area (Å²) < 4.78 is 3.89. The average molecular weight is 320 g/mol. The number of rotatable bonds is 6. The molecule has 0 unspecified atom stereocenters. The van der Waals surface area contributed by atoms with Gasteiger partial charge in [0.15, 0.2) is 5.11 Å². The molecule has 2 heterocycles. The molecule has 0 bridgehead atoms. The van der Waals surface area contributed by atoms with Crippen LogP contribution in [0.15, 0.2) is 12.1 Å². The van der Waals surface area contributed by atoms with Crippen molar-refractivity contribution in [1.29, 1.82) is 0 Å². The molecule has 0 amide bonds. The Kier molecular flexibility index (Phi) is 5.54. The van der Waals surface area contributed by atoms with Crippen LogP contribution in [0.1, 0.15) is 29.2 Å². The van der Waals surface area contributed by atoms with Gasteiger partial charge in [-0.15, -0.1) is 0 Å². The average Bonchev–Trinajstić information content (AvgIpc) is 2.95. The predicted molar refractivity (Wildman–Crippen MR) is 91.7 cm³/mol. The largest absolute Gasteiger partial charge is 0.363 e. The Balaban J connectivity index is 1.64. The monoisotopic (exact) mass is 320 g/mol. The third-order valence-electron chi connectivity index (χ3n) is 3.53. The molecule has 2 aromatic heterocycles. The zero-order valence-corrected chi connectivity index (χ0v) is 14.5. The number of aryl methyl sites for hydroxylation is 5. The molecule has 6 nitrogen and oxygen atoms in total. The summed E-state index contributed by atoms with van der Waals surface area (Å²) in [4.78, 5) is 0. The fourth-order valence-electron chi connectivity index (χ4n) is 2.29. The van der Waals surface area contributed by atoms with Gasteiger partial charge < -0.3 is 10.6 Å². The Labute approximate surface area is 136 Å². The highest BCUT2D eigenvalue weighted by Crippen LogP contribution is 2.02. The van der Waals surface area contributed by atoms with E-state index < -0.39 is 0 Å². The number of hydrogen-bond donors (Lipinski definition) is 2. The Hall–Kier alpha value is -1.89. The Bertz CT molecular complexity index is 623. The number of nitrogens with one attached hydrogen (secondary N) is 2. The molecule has 0 fully saturated rings. The van der Waals surface area contributed by atoms with E-state index in [4.69, 9.17) is 12.2 Å². The van der Waals surface area contributed by atoms with E-state index in [-0.39, 0.29) is 0 Å². The van der Waals surface area contributed by atoms with Crippen molar-refractivity contribution in [3.63, 3.8) is 0 Å².